The molecule has 8 heteroatoms. The van der Waals surface area contributed by atoms with Gasteiger partial charge in [0.2, 0.25) is 10.0 Å². The number of hydrogen-bond acceptors (Lipinski definition) is 5. The Balaban J connectivity index is 1.97. The Bertz CT molecular complexity index is 753. The maximum atomic E-state index is 12.6. The number of nitrogens with zero attached hydrogens (tertiary/aromatic N) is 4. The fourth-order valence-corrected chi connectivity index (χ4v) is 3.77. The minimum absolute atomic E-state index is 0.149. The molecular formula is C12H15N5O2S. The van der Waals surface area contributed by atoms with E-state index in [1.54, 1.807) is 24.5 Å². The lowest BCUT2D eigenvalue weighted by atomic mass is 10.2. The molecule has 3 rings (SSSR count). The third-order valence-electron chi connectivity index (χ3n) is 3.39. The second kappa shape index (κ2) is 4.57. The van der Waals surface area contributed by atoms with Crippen molar-refractivity contribution < 1.29 is 8.42 Å². The Hall–Kier alpha value is -1.93. The Kier molecular flexibility index (Phi) is 2.98. The van der Waals surface area contributed by atoms with Crippen LogP contribution in [0.3, 0.4) is 0 Å². The highest BCUT2D eigenvalue weighted by atomic mass is 32.2. The van der Waals surface area contributed by atoms with Gasteiger partial charge in [-0.25, -0.2) is 8.42 Å². The predicted molar refractivity (Wildman–Crippen MR) is 73.2 cm³/mol. The fraction of sp³-hybridized carbons (Fsp3) is 0.333. The van der Waals surface area contributed by atoms with Gasteiger partial charge in [0, 0.05) is 13.1 Å². The van der Waals surface area contributed by atoms with Gasteiger partial charge in [0.25, 0.3) is 0 Å². The first-order chi connectivity index (χ1) is 9.48. The molecule has 0 unspecified atom stereocenters. The third kappa shape index (κ3) is 2.06. The Morgan fingerprint density at radius 3 is 2.85 bits per heavy atom. The van der Waals surface area contributed by atoms with Gasteiger partial charge in [-0.1, -0.05) is 6.07 Å². The van der Waals surface area contributed by atoms with E-state index in [2.05, 4.69) is 10.2 Å². The van der Waals surface area contributed by atoms with Gasteiger partial charge < -0.3 is 10.3 Å². The molecule has 2 aromatic rings. The summed E-state index contributed by atoms with van der Waals surface area (Å²) in [6, 6.07) is 4.97. The molecule has 1 aliphatic heterocycles. The van der Waals surface area contributed by atoms with Crippen molar-refractivity contribution in [2.75, 3.05) is 12.3 Å². The number of hydrogen-bond donors (Lipinski definition) is 1. The number of fused-ring (bicyclic) bond motifs is 1. The number of aryl methyl sites for hydroxylation is 1. The molecule has 1 aromatic carbocycles. The molecular weight excluding hydrogens is 278 g/mol. The van der Waals surface area contributed by atoms with E-state index in [4.69, 9.17) is 5.73 Å². The van der Waals surface area contributed by atoms with Crippen LogP contribution in [0, 0.1) is 6.92 Å². The summed E-state index contributed by atoms with van der Waals surface area (Å²) < 4.78 is 28.5. The SMILES string of the molecule is Cc1ccc(S(=O)(=O)N2CCn3cnnc3C2)c(N)c1. The average molecular weight is 293 g/mol. The van der Waals surface area contributed by atoms with Gasteiger partial charge in [0.15, 0.2) is 0 Å². The minimum Gasteiger partial charge on any atom is -0.398 e. The number of sulfonamides is 1. The maximum absolute atomic E-state index is 12.6. The summed E-state index contributed by atoms with van der Waals surface area (Å²) >= 11 is 0. The molecule has 0 radical (unpaired) electrons. The second-order valence-corrected chi connectivity index (χ2v) is 6.73. The van der Waals surface area contributed by atoms with E-state index in [1.165, 1.54) is 4.31 Å². The van der Waals surface area contributed by atoms with Crippen LogP contribution < -0.4 is 5.73 Å². The Morgan fingerprint density at radius 1 is 1.30 bits per heavy atom. The molecule has 0 atom stereocenters. The standard InChI is InChI=1S/C12H15N5O2S/c1-9-2-3-11(10(13)6-9)20(18,19)17-5-4-16-8-14-15-12(16)7-17/h2-3,6,8H,4-5,7,13H2,1H3. The Labute approximate surface area is 117 Å². The van der Waals surface area contributed by atoms with Crippen molar-refractivity contribution in [1.82, 2.24) is 19.1 Å². The van der Waals surface area contributed by atoms with Gasteiger partial charge in [0.05, 0.1) is 12.2 Å². The number of anilines is 1. The first kappa shape index (κ1) is 13.1. The van der Waals surface area contributed by atoms with Gasteiger partial charge in [-0.3, -0.25) is 0 Å². The van der Waals surface area contributed by atoms with Crippen LogP contribution in [0.25, 0.3) is 0 Å². The van der Waals surface area contributed by atoms with E-state index in [0.717, 1.165) is 5.56 Å². The molecule has 106 valence electrons. The molecule has 0 aliphatic carbocycles. The lowest BCUT2D eigenvalue weighted by Gasteiger charge is -2.26. The monoisotopic (exact) mass is 293 g/mol. The molecule has 0 bridgehead atoms. The molecule has 0 spiro atoms. The summed E-state index contributed by atoms with van der Waals surface area (Å²) in [5.41, 5.74) is 7.06. The molecule has 2 N–H and O–H groups in total. The summed E-state index contributed by atoms with van der Waals surface area (Å²) in [6.07, 6.45) is 1.61. The average Bonchev–Trinajstić information content (AvgIpc) is 2.85. The molecule has 1 aromatic heterocycles. The van der Waals surface area contributed by atoms with E-state index >= 15 is 0 Å². The topological polar surface area (TPSA) is 94.1 Å². The van der Waals surface area contributed by atoms with Crippen molar-refractivity contribution in [2.24, 2.45) is 0 Å². The van der Waals surface area contributed by atoms with Crippen molar-refractivity contribution in [3.05, 3.63) is 35.9 Å². The first-order valence-corrected chi connectivity index (χ1v) is 7.65. The van der Waals surface area contributed by atoms with Crippen LogP contribution in [-0.2, 0) is 23.1 Å². The normalized spacial score (nSPS) is 16.1. The summed E-state index contributed by atoms with van der Waals surface area (Å²) in [5.74, 6) is 0.644. The second-order valence-electron chi connectivity index (χ2n) is 4.82. The Morgan fingerprint density at radius 2 is 2.10 bits per heavy atom. The molecule has 0 saturated carbocycles. The number of aromatic nitrogens is 3. The van der Waals surface area contributed by atoms with Crippen LogP contribution >= 0.6 is 0 Å². The number of nitrogens with two attached hydrogens (primary N) is 1. The largest absolute Gasteiger partial charge is 0.398 e. The van der Waals surface area contributed by atoms with Crippen LogP contribution in [0.5, 0.6) is 0 Å². The number of rotatable bonds is 2. The third-order valence-corrected chi connectivity index (χ3v) is 5.31. The van der Waals surface area contributed by atoms with E-state index in [0.29, 0.717) is 18.9 Å². The highest BCUT2D eigenvalue weighted by molar-refractivity contribution is 7.89. The van der Waals surface area contributed by atoms with Crippen LogP contribution in [0.4, 0.5) is 5.69 Å². The molecule has 0 saturated heterocycles. The van der Waals surface area contributed by atoms with Crippen molar-refractivity contribution in [1.29, 1.82) is 0 Å². The van der Waals surface area contributed by atoms with Crippen LogP contribution in [0.2, 0.25) is 0 Å². The molecule has 0 fully saturated rings. The van der Waals surface area contributed by atoms with Gasteiger partial charge in [-0.05, 0) is 24.6 Å². The van der Waals surface area contributed by atoms with Crippen LogP contribution in [0.1, 0.15) is 11.4 Å². The van der Waals surface area contributed by atoms with Gasteiger partial charge in [-0.2, -0.15) is 4.31 Å². The smallest absolute Gasteiger partial charge is 0.245 e. The number of benzene rings is 1. The van der Waals surface area contributed by atoms with Crippen molar-refractivity contribution in [2.45, 2.75) is 24.9 Å². The maximum Gasteiger partial charge on any atom is 0.245 e. The molecule has 2 heterocycles. The molecule has 20 heavy (non-hydrogen) atoms. The van der Waals surface area contributed by atoms with Crippen molar-refractivity contribution in [3.63, 3.8) is 0 Å². The highest BCUT2D eigenvalue weighted by Crippen LogP contribution is 2.25. The van der Waals surface area contributed by atoms with Gasteiger partial charge in [0.1, 0.15) is 17.0 Å². The fourth-order valence-electron chi connectivity index (χ4n) is 2.29. The lowest BCUT2D eigenvalue weighted by Crippen LogP contribution is -2.38. The summed E-state index contributed by atoms with van der Waals surface area (Å²) in [6.45, 7) is 3.03. The zero-order chi connectivity index (χ0) is 14.3. The van der Waals surface area contributed by atoms with Crippen molar-refractivity contribution in [3.8, 4) is 0 Å². The van der Waals surface area contributed by atoms with Gasteiger partial charge >= 0.3 is 0 Å². The van der Waals surface area contributed by atoms with Crippen molar-refractivity contribution >= 4 is 15.7 Å². The number of nitrogen functional groups attached to an aromatic ring is 1. The van der Waals surface area contributed by atoms with E-state index in [-0.39, 0.29) is 17.1 Å². The summed E-state index contributed by atoms with van der Waals surface area (Å²) in [4.78, 5) is 0.149. The first-order valence-electron chi connectivity index (χ1n) is 6.21. The van der Waals surface area contributed by atoms with Crippen LogP contribution in [-0.4, -0.2) is 34.0 Å². The zero-order valence-corrected chi connectivity index (χ0v) is 11.8. The minimum atomic E-state index is -3.60. The summed E-state index contributed by atoms with van der Waals surface area (Å²) in [5, 5.41) is 7.72. The van der Waals surface area contributed by atoms with Gasteiger partial charge in [-0.15, -0.1) is 10.2 Å². The van der Waals surface area contributed by atoms with Crippen LogP contribution in [0.15, 0.2) is 29.4 Å². The van der Waals surface area contributed by atoms with E-state index in [1.807, 2.05) is 11.5 Å². The summed E-state index contributed by atoms with van der Waals surface area (Å²) in [7, 11) is -3.60. The van der Waals surface area contributed by atoms with E-state index < -0.39 is 10.0 Å². The highest BCUT2D eigenvalue weighted by Gasteiger charge is 2.30. The zero-order valence-electron chi connectivity index (χ0n) is 11.0. The molecule has 0 amide bonds. The molecule has 1 aliphatic rings. The molecule has 7 nitrogen and oxygen atoms in total. The lowest BCUT2D eigenvalue weighted by molar-refractivity contribution is 0.335. The van der Waals surface area contributed by atoms with E-state index in [9.17, 15) is 8.42 Å². The quantitative estimate of drug-likeness (QED) is 0.807. The predicted octanol–water partition coefficient (Wildman–Crippen LogP) is 0.373.